The highest BCUT2D eigenvalue weighted by Crippen LogP contribution is 2.60. The van der Waals surface area contributed by atoms with E-state index in [9.17, 15) is 0 Å². The lowest BCUT2D eigenvalue weighted by atomic mass is 9.47. The van der Waals surface area contributed by atoms with Gasteiger partial charge in [0.1, 0.15) is 0 Å². The fourth-order valence-corrected chi connectivity index (χ4v) is 3.24. The van der Waals surface area contributed by atoms with Crippen molar-refractivity contribution in [2.24, 2.45) is 22.2 Å². The Labute approximate surface area is 84.1 Å². The molecule has 1 aliphatic carbocycles. The molecule has 0 aromatic rings. The third kappa shape index (κ3) is 1.53. The first kappa shape index (κ1) is 11.1. The van der Waals surface area contributed by atoms with E-state index in [4.69, 9.17) is 0 Å². The molecular weight excluding hydrogens is 156 g/mol. The van der Waals surface area contributed by atoms with Crippen LogP contribution in [-0.2, 0) is 0 Å². The van der Waals surface area contributed by atoms with Crippen molar-refractivity contribution in [1.29, 1.82) is 0 Å². The van der Waals surface area contributed by atoms with Crippen molar-refractivity contribution in [3.05, 3.63) is 0 Å². The maximum Gasteiger partial charge on any atom is -0.0251 e. The second-order valence-electron chi connectivity index (χ2n) is 6.91. The summed E-state index contributed by atoms with van der Waals surface area (Å²) in [6.07, 6.45) is 2.76. The van der Waals surface area contributed by atoms with Crippen LogP contribution in [0.5, 0.6) is 0 Å². The van der Waals surface area contributed by atoms with Crippen molar-refractivity contribution in [2.45, 2.75) is 61.3 Å². The summed E-state index contributed by atoms with van der Waals surface area (Å²) in [6.45, 7) is 17.0. The minimum atomic E-state index is 0.451. The lowest BCUT2D eigenvalue weighted by molar-refractivity contribution is -0.0859. The maximum absolute atomic E-state index is 2.44. The first-order chi connectivity index (χ1) is 5.60. The highest BCUT2D eigenvalue weighted by molar-refractivity contribution is 5.01. The van der Waals surface area contributed by atoms with Gasteiger partial charge in [-0.25, -0.2) is 0 Å². The Balaban J connectivity index is 3.03. The topological polar surface area (TPSA) is 0 Å². The zero-order valence-electron chi connectivity index (χ0n) is 10.5. The average molecular weight is 182 g/mol. The molecule has 0 amide bonds. The van der Waals surface area contributed by atoms with Gasteiger partial charge in [0.25, 0.3) is 0 Å². The van der Waals surface area contributed by atoms with Crippen molar-refractivity contribution in [2.75, 3.05) is 0 Å². The van der Waals surface area contributed by atoms with Crippen LogP contribution in [-0.4, -0.2) is 0 Å². The Morgan fingerprint density at radius 2 is 1.08 bits per heavy atom. The van der Waals surface area contributed by atoms with Crippen molar-refractivity contribution < 1.29 is 0 Å². The number of rotatable bonds is 0. The molecule has 0 aromatic heterocycles. The molecule has 0 atom stereocenters. The quantitative estimate of drug-likeness (QED) is 0.517. The normalized spacial score (nSPS) is 31.6. The molecule has 0 aromatic carbocycles. The second-order valence-corrected chi connectivity index (χ2v) is 6.91. The van der Waals surface area contributed by atoms with E-state index in [1.807, 2.05) is 0 Å². The zero-order chi connectivity index (χ0) is 10.5. The highest BCUT2D eigenvalue weighted by atomic mass is 14.6. The van der Waals surface area contributed by atoms with E-state index in [1.54, 1.807) is 0 Å². The van der Waals surface area contributed by atoms with E-state index in [2.05, 4.69) is 48.5 Å². The summed E-state index contributed by atoms with van der Waals surface area (Å²) >= 11 is 0. The van der Waals surface area contributed by atoms with Crippen LogP contribution in [0.25, 0.3) is 0 Å². The summed E-state index contributed by atoms with van der Waals surface area (Å²) in [6, 6.07) is 0. The molecule has 0 heterocycles. The van der Waals surface area contributed by atoms with E-state index in [0.29, 0.717) is 16.2 Å². The van der Waals surface area contributed by atoms with Crippen molar-refractivity contribution in [1.82, 2.24) is 0 Å². The maximum atomic E-state index is 2.44. The molecule has 0 N–H and O–H groups in total. The van der Waals surface area contributed by atoms with Crippen molar-refractivity contribution in [3.63, 3.8) is 0 Å². The summed E-state index contributed by atoms with van der Waals surface area (Å²) in [5.74, 6) is 0.887. The fraction of sp³-hybridized carbons (Fsp3) is 1.00. The molecule has 0 saturated heterocycles. The molecule has 1 saturated carbocycles. The Morgan fingerprint density at radius 1 is 0.769 bits per heavy atom. The monoisotopic (exact) mass is 182 g/mol. The molecule has 0 radical (unpaired) electrons. The minimum absolute atomic E-state index is 0.451. The van der Waals surface area contributed by atoms with Gasteiger partial charge in [0, 0.05) is 0 Å². The molecule has 78 valence electrons. The largest absolute Gasteiger partial charge is 0.0625 e. The predicted molar refractivity (Wildman–Crippen MR) is 59.7 cm³/mol. The fourth-order valence-electron chi connectivity index (χ4n) is 3.24. The van der Waals surface area contributed by atoms with Gasteiger partial charge in [0.05, 0.1) is 0 Å². The van der Waals surface area contributed by atoms with Gasteiger partial charge in [0.15, 0.2) is 0 Å². The van der Waals surface area contributed by atoms with Gasteiger partial charge in [-0.15, -0.1) is 0 Å². The van der Waals surface area contributed by atoms with Crippen LogP contribution in [0.4, 0.5) is 0 Å². The lowest BCUT2D eigenvalue weighted by Gasteiger charge is -2.58. The van der Waals surface area contributed by atoms with Gasteiger partial charge in [-0.05, 0) is 35.0 Å². The van der Waals surface area contributed by atoms with Gasteiger partial charge in [-0.1, -0.05) is 48.5 Å². The molecular formula is C13H26. The average Bonchev–Trinajstić information content (AvgIpc) is 1.80. The summed E-state index contributed by atoms with van der Waals surface area (Å²) < 4.78 is 0. The van der Waals surface area contributed by atoms with Crippen molar-refractivity contribution >= 4 is 0 Å². The van der Waals surface area contributed by atoms with E-state index >= 15 is 0 Å². The number of hydrogen-bond acceptors (Lipinski definition) is 0. The highest BCUT2D eigenvalue weighted by Gasteiger charge is 2.51. The molecule has 0 spiro atoms. The van der Waals surface area contributed by atoms with E-state index in [0.717, 1.165) is 5.92 Å². The third-order valence-electron chi connectivity index (χ3n) is 5.10. The van der Waals surface area contributed by atoms with Crippen LogP contribution in [0.2, 0.25) is 0 Å². The summed E-state index contributed by atoms with van der Waals surface area (Å²) in [4.78, 5) is 0. The molecule has 1 rings (SSSR count). The molecule has 0 unspecified atom stereocenters. The molecule has 0 nitrogen and oxygen atoms in total. The molecule has 0 aliphatic heterocycles. The summed E-state index contributed by atoms with van der Waals surface area (Å²) in [5, 5.41) is 0. The van der Waals surface area contributed by atoms with Crippen LogP contribution in [0.15, 0.2) is 0 Å². The SMILES string of the molecule is CC1CC(C)(C)C(C)(C)C(C)(C)C1. The van der Waals surface area contributed by atoms with Crippen molar-refractivity contribution in [3.8, 4) is 0 Å². The summed E-state index contributed by atoms with van der Waals surface area (Å²) in [7, 11) is 0. The predicted octanol–water partition coefficient (Wildman–Crippen LogP) is 4.49. The first-order valence-corrected chi connectivity index (χ1v) is 5.60. The molecule has 13 heavy (non-hydrogen) atoms. The van der Waals surface area contributed by atoms with Gasteiger partial charge >= 0.3 is 0 Å². The van der Waals surface area contributed by atoms with Crippen LogP contribution in [0.3, 0.4) is 0 Å². The Kier molecular flexibility index (Phi) is 2.34. The van der Waals surface area contributed by atoms with Gasteiger partial charge in [-0.2, -0.15) is 0 Å². The molecule has 1 aliphatic rings. The molecule has 1 fully saturated rings. The summed E-state index contributed by atoms with van der Waals surface area (Å²) in [5.41, 5.74) is 1.41. The first-order valence-electron chi connectivity index (χ1n) is 5.60. The van der Waals surface area contributed by atoms with Gasteiger partial charge < -0.3 is 0 Å². The van der Waals surface area contributed by atoms with E-state index in [-0.39, 0.29) is 0 Å². The second kappa shape index (κ2) is 2.74. The van der Waals surface area contributed by atoms with Crippen LogP contribution >= 0.6 is 0 Å². The zero-order valence-corrected chi connectivity index (χ0v) is 10.5. The number of hydrogen-bond donors (Lipinski definition) is 0. The van der Waals surface area contributed by atoms with Crippen LogP contribution in [0, 0.1) is 22.2 Å². The van der Waals surface area contributed by atoms with Crippen LogP contribution < -0.4 is 0 Å². The molecule has 0 heteroatoms. The smallest absolute Gasteiger partial charge is 0.0251 e. The minimum Gasteiger partial charge on any atom is -0.0625 e. The van der Waals surface area contributed by atoms with E-state index < -0.39 is 0 Å². The Bertz CT molecular complexity index is 176. The Hall–Kier alpha value is 0. The lowest BCUT2D eigenvalue weighted by Crippen LogP contribution is -2.50. The van der Waals surface area contributed by atoms with Gasteiger partial charge in [-0.3, -0.25) is 0 Å². The van der Waals surface area contributed by atoms with Gasteiger partial charge in [0.2, 0.25) is 0 Å². The third-order valence-corrected chi connectivity index (χ3v) is 5.10. The Morgan fingerprint density at radius 3 is 1.38 bits per heavy atom. The molecule has 0 bridgehead atoms. The van der Waals surface area contributed by atoms with E-state index in [1.165, 1.54) is 12.8 Å². The van der Waals surface area contributed by atoms with Crippen LogP contribution in [0.1, 0.15) is 61.3 Å². The standard InChI is InChI=1S/C13H26/c1-10-8-11(2,3)13(6,7)12(4,5)9-10/h10H,8-9H2,1-7H3.